The molecule has 11 nitrogen and oxygen atoms in total. The van der Waals surface area contributed by atoms with Gasteiger partial charge in [0.1, 0.15) is 35.0 Å². The van der Waals surface area contributed by atoms with Crippen LogP contribution in [0, 0.1) is 18.2 Å². The molecule has 2 aromatic carbocycles. The Morgan fingerprint density at radius 3 is 2.65 bits per heavy atom. The Morgan fingerprint density at radius 2 is 1.93 bits per heavy atom. The van der Waals surface area contributed by atoms with Gasteiger partial charge >= 0.3 is 12.1 Å². The topological polar surface area (TPSA) is 102 Å². The average Bonchev–Trinajstić information content (AvgIpc) is 3.80. The fourth-order valence-electron chi connectivity index (χ4n) is 9.01. The molecule has 3 fully saturated rings. The summed E-state index contributed by atoms with van der Waals surface area (Å²) in [5.41, 5.74) is 1.78. The minimum Gasteiger partial charge on any atom is -0.468 e. The van der Waals surface area contributed by atoms with E-state index in [1.54, 1.807) is 19.4 Å². The molecule has 0 N–H and O–H groups in total. The van der Waals surface area contributed by atoms with Crippen LogP contribution in [0.2, 0.25) is 0 Å². The number of methoxy groups -OCH3 is 1. The molecule has 2 bridgehead atoms. The van der Waals surface area contributed by atoms with Crippen molar-refractivity contribution in [2.45, 2.75) is 83.0 Å². The maximum atomic E-state index is 17.4. The summed E-state index contributed by atoms with van der Waals surface area (Å²) in [6.45, 7) is 11.1. The first kappa shape index (κ1) is 36.0. The van der Waals surface area contributed by atoms with Gasteiger partial charge in [0.2, 0.25) is 0 Å². The Hall–Kier alpha value is -4.99. The number of rotatable bonds is 9. The van der Waals surface area contributed by atoms with Crippen LogP contribution in [-0.4, -0.2) is 101 Å². The quantitative estimate of drug-likeness (QED) is 0.101. The van der Waals surface area contributed by atoms with E-state index in [0.29, 0.717) is 53.2 Å². The summed E-state index contributed by atoms with van der Waals surface area (Å²) in [6, 6.07) is 9.10. The molecule has 2 aromatic heterocycles. The number of amides is 1. The smallest absolute Gasteiger partial charge is 0.410 e. The monoisotopic (exact) mass is 734 g/mol. The number of carbonyl (C=O) groups is 1. The van der Waals surface area contributed by atoms with Gasteiger partial charge in [0, 0.05) is 49.5 Å². The number of benzene rings is 2. The summed E-state index contributed by atoms with van der Waals surface area (Å²) in [7, 11) is 1.54. The maximum absolute atomic E-state index is 17.4. The molecule has 4 aromatic rings. The number of pyridine rings is 1. The fraction of sp³-hybridized carbons (Fsp3) is 0.476. The zero-order chi connectivity index (χ0) is 37.8. The fourth-order valence-corrected chi connectivity index (χ4v) is 9.01. The van der Waals surface area contributed by atoms with Crippen LogP contribution in [0.15, 0.2) is 48.2 Å². The lowest BCUT2D eigenvalue weighted by Crippen LogP contribution is -2.57. The number of carbonyl (C=O) groups excluding carboxylic acids is 1. The molecule has 3 atom stereocenters. The summed E-state index contributed by atoms with van der Waals surface area (Å²) in [5, 5.41) is 1.91. The zero-order valence-corrected chi connectivity index (χ0v) is 31.7. The number of fused-ring (bicyclic) bond motifs is 5. The zero-order valence-electron chi connectivity index (χ0n) is 31.7. The van der Waals surface area contributed by atoms with E-state index in [2.05, 4.69) is 28.7 Å². The van der Waals surface area contributed by atoms with Crippen LogP contribution in [-0.2, 0) is 9.47 Å². The van der Waals surface area contributed by atoms with Crippen molar-refractivity contribution in [2.24, 2.45) is 0 Å². The minimum absolute atomic E-state index is 0.0156. The van der Waals surface area contributed by atoms with E-state index in [1.165, 1.54) is 5.57 Å². The maximum Gasteiger partial charge on any atom is 0.410 e. The van der Waals surface area contributed by atoms with Crippen molar-refractivity contribution in [1.82, 2.24) is 24.8 Å². The number of ether oxygens (including phenoxy) is 4. The number of nitrogens with zero attached hydrogens (tertiary/aromatic N) is 6. The van der Waals surface area contributed by atoms with Crippen molar-refractivity contribution in [2.75, 3.05) is 51.6 Å². The Morgan fingerprint density at radius 1 is 1.13 bits per heavy atom. The third-order valence-electron chi connectivity index (χ3n) is 11.3. The van der Waals surface area contributed by atoms with Gasteiger partial charge < -0.3 is 23.8 Å². The molecule has 0 saturated carbocycles. The summed E-state index contributed by atoms with van der Waals surface area (Å²) in [6.07, 6.45) is 14.3. The van der Waals surface area contributed by atoms with Crippen molar-refractivity contribution in [3.63, 3.8) is 0 Å². The molecular weight excluding hydrogens is 687 g/mol. The normalized spacial score (nSPS) is 22.4. The second kappa shape index (κ2) is 14.0. The molecule has 4 aliphatic rings. The van der Waals surface area contributed by atoms with E-state index in [4.69, 9.17) is 40.3 Å². The van der Waals surface area contributed by atoms with Gasteiger partial charge in [-0.3, -0.25) is 14.8 Å². The van der Waals surface area contributed by atoms with Gasteiger partial charge in [-0.2, -0.15) is 9.97 Å². The number of halogens is 1. The van der Waals surface area contributed by atoms with Crippen LogP contribution in [0.25, 0.3) is 32.9 Å². The number of anilines is 1. The molecule has 282 valence electrons. The molecule has 54 heavy (non-hydrogen) atoms. The molecule has 0 aliphatic carbocycles. The van der Waals surface area contributed by atoms with Gasteiger partial charge in [-0.15, -0.1) is 6.42 Å². The minimum atomic E-state index is -0.621. The first-order valence-corrected chi connectivity index (χ1v) is 18.9. The van der Waals surface area contributed by atoms with Crippen molar-refractivity contribution in [1.29, 1.82) is 0 Å². The summed E-state index contributed by atoms with van der Waals surface area (Å²) < 4.78 is 40.7. The Balaban J connectivity index is 1.24. The van der Waals surface area contributed by atoms with Crippen molar-refractivity contribution >= 4 is 33.6 Å². The highest BCUT2D eigenvalue weighted by Gasteiger charge is 2.48. The van der Waals surface area contributed by atoms with E-state index >= 15 is 4.39 Å². The SMILES string of the molecule is C#Cc1cccc2cc(OCOC)cc(-c3ncc4c(N5C[C@H]6CC[C@@H](C5)N6C(=O)OC(C)(C)C)nc(OCC56CCCN5CC=C6CC)nc4c3F)c12. The van der Waals surface area contributed by atoms with Crippen molar-refractivity contribution in [3.05, 3.63) is 59.6 Å². The first-order valence-electron chi connectivity index (χ1n) is 18.9. The second-order valence-corrected chi connectivity index (χ2v) is 15.7. The summed E-state index contributed by atoms with van der Waals surface area (Å²) in [5.74, 6) is 3.14. The van der Waals surface area contributed by atoms with Gasteiger partial charge in [-0.05, 0) is 88.6 Å². The molecule has 12 heteroatoms. The molecular formula is C42H47FN6O5. The van der Waals surface area contributed by atoms with Crippen molar-refractivity contribution in [3.8, 4) is 35.4 Å². The van der Waals surface area contributed by atoms with Gasteiger partial charge in [-0.25, -0.2) is 9.18 Å². The number of hydrogen-bond acceptors (Lipinski definition) is 10. The van der Waals surface area contributed by atoms with Crippen LogP contribution in [0.5, 0.6) is 11.8 Å². The molecule has 1 unspecified atom stereocenters. The molecule has 3 saturated heterocycles. The van der Waals surface area contributed by atoms with Crippen LogP contribution in [0.4, 0.5) is 15.0 Å². The van der Waals surface area contributed by atoms with Crippen LogP contribution >= 0.6 is 0 Å². The third-order valence-corrected chi connectivity index (χ3v) is 11.3. The lowest BCUT2D eigenvalue weighted by Gasteiger charge is -2.42. The largest absolute Gasteiger partial charge is 0.468 e. The standard InChI is InChI=1S/C42H47FN6O5/c1-7-26-11-9-12-27-19-31(53-25-51-6)20-32(34(26)27)36-35(43)37-33(21-44-36)38(47-22-29-13-14-30(23-47)49(29)40(50)54-41(3,4)5)46-39(45-37)52-24-42-16-10-17-48(42)18-15-28(42)8-2/h1,9,11-12,15,19-21,29-30H,8,10,13-14,16-18,22-25H2,2-6H3/t29-,30+,42?. The highest BCUT2D eigenvalue weighted by Crippen LogP contribution is 2.43. The number of terminal acetylenes is 1. The van der Waals surface area contributed by atoms with Crippen LogP contribution in [0.1, 0.15) is 65.4 Å². The Bertz CT molecular complexity index is 2180. The second-order valence-electron chi connectivity index (χ2n) is 15.7. The average molecular weight is 735 g/mol. The van der Waals surface area contributed by atoms with E-state index in [9.17, 15) is 4.79 Å². The van der Waals surface area contributed by atoms with E-state index in [0.717, 1.165) is 50.6 Å². The van der Waals surface area contributed by atoms with Crippen LogP contribution in [0.3, 0.4) is 0 Å². The third kappa shape index (κ3) is 6.27. The number of piperazine rings is 1. The highest BCUT2D eigenvalue weighted by atomic mass is 19.1. The Kier molecular flexibility index (Phi) is 9.35. The number of aromatic nitrogens is 3. The van der Waals surface area contributed by atoms with E-state index in [1.807, 2.05) is 49.9 Å². The van der Waals surface area contributed by atoms with Crippen molar-refractivity contribution < 1.29 is 28.1 Å². The predicted molar refractivity (Wildman–Crippen MR) is 205 cm³/mol. The molecule has 1 amide bonds. The lowest BCUT2D eigenvalue weighted by molar-refractivity contribution is 0.0122. The Labute approximate surface area is 315 Å². The van der Waals surface area contributed by atoms with E-state index < -0.39 is 11.4 Å². The van der Waals surface area contributed by atoms with Gasteiger partial charge in [-0.1, -0.05) is 31.1 Å². The molecule has 0 radical (unpaired) electrons. The van der Waals surface area contributed by atoms with E-state index in [-0.39, 0.29) is 47.7 Å². The molecule has 8 rings (SSSR count). The molecule has 4 aliphatic heterocycles. The summed E-state index contributed by atoms with van der Waals surface area (Å²) >= 11 is 0. The highest BCUT2D eigenvalue weighted by molar-refractivity contribution is 6.03. The van der Waals surface area contributed by atoms with Gasteiger partial charge in [0.25, 0.3) is 0 Å². The molecule has 0 spiro atoms. The summed E-state index contributed by atoms with van der Waals surface area (Å²) in [4.78, 5) is 34.3. The van der Waals surface area contributed by atoms with Gasteiger partial charge in [0.15, 0.2) is 12.6 Å². The predicted octanol–water partition coefficient (Wildman–Crippen LogP) is 7.10. The van der Waals surface area contributed by atoms with Gasteiger partial charge in [0.05, 0.1) is 23.0 Å². The number of hydrogen-bond donors (Lipinski definition) is 0. The van der Waals surface area contributed by atoms with Crippen LogP contribution < -0.4 is 14.4 Å². The lowest BCUT2D eigenvalue weighted by atomic mass is 9.88. The first-order chi connectivity index (χ1) is 26.0. The molecule has 6 heterocycles.